The van der Waals surface area contributed by atoms with E-state index < -0.39 is 0 Å². The molecule has 1 aromatic carbocycles. The maximum atomic E-state index is 13.0. The van der Waals surface area contributed by atoms with E-state index in [9.17, 15) is 4.39 Å². The molecule has 0 radical (unpaired) electrons. The van der Waals surface area contributed by atoms with E-state index in [1.165, 1.54) is 12.1 Å². The molecule has 17 heavy (non-hydrogen) atoms. The Morgan fingerprint density at radius 1 is 1.47 bits per heavy atom. The summed E-state index contributed by atoms with van der Waals surface area (Å²) < 4.78 is 13.8. The molecule has 0 bridgehead atoms. The van der Waals surface area contributed by atoms with Crippen molar-refractivity contribution in [3.63, 3.8) is 0 Å². The lowest BCUT2D eigenvalue weighted by atomic mass is 10.1. The van der Waals surface area contributed by atoms with Gasteiger partial charge >= 0.3 is 0 Å². The van der Waals surface area contributed by atoms with Gasteiger partial charge in [-0.1, -0.05) is 28.9 Å². The molecule has 0 aliphatic rings. The Balaban J connectivity index is 2.64. The average molecular weight is 320 g/mol. The van der Waals surface area contributed by atoms with Crippen molar-refractivity contribution in [3.8, 4) is 0 Å². The fraction of sp³-hybridized carbons (Fsp3) is 0.538. The lowest BCUT2D eigenvalue weighted by Crippen LogP contribution is -2.34. The number of nitrogens with one attached hydrogen (secondary N) is 1. The topological polar surface area (TPSA) is 12.0 Å². The zero-order valence-electron chi connectivity index (χ0n) is 10.3. The zero-order valence-corrected chi connectivity index (χ0v) is 12.7. The molecule has 1 unspecified atom stereocenters. The summed E-state index contributed by atoms with van der Waals surface area (Å²) in [5.74, 6) is 0.882. The van der Waals surface area contributed by atoms with Crippen LogP contribution in [0.15, 0.2) is 22.7 Å². The Labute approximate surface area is 116 Å². The largest absolute Gasteiger partial charge is 0.313 e. The number of hydrogen-bond donors (Lipinski definition) is 1. The molecule has 0 heterocycles. The molecule has 1 nitrogen and oxygen atoms in total. The molecule has 0 amide bonds. The smallest absolute Gasteiger partial charge is 0.124 e. The van der Waals surface area contributed by atoms with E-state index in [1.54, 1.807) is 0 Å². The van der Waals surface area contributed by atoms with Crippen LogP contribution in [0.2, 0.25) is 0 Å². The van der Waals surface area contributed by atoms with Gasteiger partial charge in [0.2, 0.25) is 0 Å². The normalized spacial score (nSPS) is 12.7. The summed E-state index contributed by atoms with van der Waals surface area (Å²) in [5, 5.41) is 3.53. The standard InChI is InChI=1S/C13H19BrFNS/c1-3-6-16-12(9-17-2)7-10-4-5-11(15)8-13(10)14/h4-5,8,12,16H,3,6-7,9H2,1-2H3. The molecule has 0 spiro atoms. The van der Waals surface area contributed by atoms with Crippen LogP contribution in [0.3, 0.4) is 0 Å². The van der Waals surface area contributed by atoms with Crippen LogP contribution < -0.4 is 5.32 Å². The lowest BCUT2D eigenvalue weighted by Gasteiger charge is -2.18. The zero-order chi connectivity index (χ0) is 12.7. The van der Waals surface area contributed by atoms with E-state index in [0.29, 0.717) is 6.04 Å². The van der Waals surface area contributed by atoms with Gasteiger partial charge in [0.15, 0.2) is 0 Å². The van der Waals surface area contributed by atoms with E-state index in [4.69, 9.17) is 0 Å². The maximum absolute atomic E-state index is 13.0. The second-order valence-electron chi connectivity index (χ2n) is 4.05. The van der Waals surface area contributed by atoms with Crippen LogP contribution in [0.4, 0.5) is 4.39 Å². The van der Waals surface area contributed by atoms with Crippen LogP contribution in [0, 0.1) is 5.82 Å². The molecule has 1 aromatic rings. The summed E-state index contributed by atoms with van der Waals surface area (Å²) in [6, 6.07) is 5.37. The van der Waals surface area contributed by atoms with Crippen molar-refractivity contribution in [1.29, 1.82) is 0 Å². The first-order valence-corrected chi connectivity index (χ1v) is 8.02. The van der Waals surface area contributed by atoms with Crippen LogP contribution in [-0.2, 0) is 6.42 Å². The summed E-state index contributed by atoms with van der Waals surface area (Å²) in [6.45, 7) is 3.20. The van der Waals surface area contributed by atoms with Gasteiger partial charge in [-0.3, -0.25) is 0 Å². The van der Waals surface area contributed by atoms with E-state index in [-0.39, 0.29) is 5.82 Å². The minimum absolute atomic E-state index is 0.191. The van der Waals surface area contributed by atoms with Crippen molar-refractivity contribution in [2.75, 3.05) is 18.6 Å². The Bertz CT molecular complexity index is 346. The highest BCUT2D eigenvalue weighted by Gasteiger charge is 2.10. The Hall–Kier alpha value is -0.0600. The van der Waals surface area contributed by atoms with Gasteiger partial charge in [-0.15, -0.1) is 0 Å². The van der Waals surface area contributed by atoms with Gasteiger partial charge in [0.05, 0.1) is 0 Å². The average Bonchev–Trinajstić information content (AvgIpc) is 2.29. The molecule has 1 N–H and O–H groups in total. The summed E-state index contributed by atoms with van der Waals surface area (Å²) in [7, 11) is 0. The summed E-state index contributed by atoms with van der Waals surface area (Å²) in [4.78, 5) is 0. The molecule has 0 saturated heterocycles. The maximum Gasteiger partial charge on any atom is 0.124 e. The fourth-order valence-electron chi connectivity index (χ4n) is 1.69. The van der Waals surface area contributed by atoms with Gasteiger partial charge in [0.1, 0.15) is 5.82 Å². The Morgan fingerprint density at radius 2 is 2.24 bits per heavy atom. The highest BCUT2D eigenvalue weighted by molar-refractivity contribution is 9.10. The van der Waals surface area contributed by atoms with Gasteiger partial charge < -0.3 is 5.32 Å². The molecule has 0 fully saturated rings. The van der Waals surface area contributed by atoms with Crippen LogP contribution in [0.1, 0.15) is 18.9 Å². The lowest BCUT2D eigenvalue weighted by molar-refractivity contribution is 0.548. The molecule has 1 rings (SSSR count). The molecule has 0 aliphatic heterocycles. The van der Waals surface area contributed by atoms with Crippen LogP contribution in [0.25, 0.3) is 0 Å². The van der Waals surface area contributed by atoms with Crippen LogP contribution in [-0.4, -0.2) is 24.6 Å². The number of hydrogen-bond acceptors (Lipinski definition) is 2. The van der Waals surface area contributed by atoms with Crippen molar-refractivity contribution in [2.45, 2.75) is 25.8 Å². The number of rotatable bonds is 7. The molecular weight excluding hydrogens is 301 g/mol. The fourth-order valence-corrected chi connectivity index (χ4v) is 2.84. The van der Waals surface area contributed by atoms with Gasteiger partial charge in [0, 0.05) is 16.3 Å². The van der Waals surface area contributed by atoms with Gasteiger partial charge in [0.25, 0.3) is 0 Å². The highest BCUT2D eigenvalue weighted by atomic mass is 79.9. The molecule has 1 atom stereocenters. The minimum Gasteiger partial charge on any atom is -0.313 e. The van der Waals surface area contributed by atoms with Gasteiger partial charge in [-0.05, 0) is 43.3 Å². The number of thioether (sulfide) groups is 1. The van der Waals surface area contributed by atoms with E-state index >= 15 is 0 Å². The number of halogens is 2. The summed E-state index contributed by atoms with van der Waals surface area (Å²) in [5.41, 5.74) is 1.16. The number of benzene rings is 1. The predicted octanol–water partition coefficient (Wildman–Crippen LogP) is 3.86. The highest BCUT2D eigenvalue weighted by Crippen LogP contribution is 2.20. The first-order chi connectivity index (χ1) is 8.17. The SMILES string of the molecule is CCCNC(CSC)Cc1ccc(F)cc1Br. The van der Waals surface area contributed by atoms with E-state index in [2.05, 4.69) is 34.4 Å². The predicted molar refractivity (Wildman–Crippen MR) is 78.3 cm³/mol. The second kappa shape index (κ2) is 8.11. The Kier molecular flexibility index (Phi) is 7.16. The van der Waals surface area contributed by atoms with Crippen molar-refractivity contribution >= 4 is 27.7 Å². The van der Waals surface area contributed by atoms with Gasteiger partial charge in [-0.25, -0.2) is 4.39 Å². The molecular formula is C13H19BrFNS. The second-order valence-corrected chi connectivity index (χ2v) is 5.81. The van der Waals surface area contributed by atoms with Crippen molar-refractivity contribution in [2.24, 2.45) is 0 Å². The molecule has 0 saturated carbocycles. The first kappa shape index (κ1) is 15.0. The minimum atomic E-state index is -0.191. The molecule has 0 aromatic heterocycles. The third-order valence-electron chi connectivity index (χ3n) is 2.53. The third-order valence-corrected chi connectivity index (χ3v) is 4.01. The molecule has 4 heteroatoms. The first-order valence-electron chi connectivity index (χ1n) is 5.83. The quantitative estimate of drug-likeness (QED) is 0.819. The van der Waals surface area contributed by atoms with Crippen LogP contribution >= 0.6 is 27.7 Å². The molecule has 96 valence electrons. The van der Waals surface area contributed by atoms with E-state index in [1.807, 2.05) is 17.8 Å². The summed E-state index contributed by atoms with van der Waals surface area (Å²) in [6.07, 6.45) is 4.18. The van der Waals surface area contributed by atoms with Crippen molar-refractivity contribution < 1.29 is 4.39 Å². The third kappa shape index (κ3) is 5.40. The van der Waals surface area contributed by atoms with E-state index in [0.717, 1.165) is 35.2 Å². The van der Waals surface area contributed by atoms with Crippen LogP contribution in [0.5, 0.6) is 0 Å². The molecule has 0 aliphatic carbocycles. The Morgan fingerprint density at radius 3 is 2.82 bits per heavy atom. The summed E-state index contributed by atoms with van der Waals surface area (Å²) >= 11 is 5.26. The van der Waals surface area contributed by atoms with Gasteiger partial charge in [-0.2, -0.15) is 11.8 Å². The monoisotopic (exact) mass is 319 g/mol. The van der Waals surface area contributed by atoms with Crippen molar-refractivity contribution in [3.05, 3.63) is 34.1 Å². The van der Waals surface area contributed by atoms with Crippen molar-refractivity contribution in [1.82, 2.24) is 5.32 Å².